The lowest BCUT2D eigenvalue weighted by Crippen LogP contribution is -2.36. The van der Waals surface area contributed by atoms with Crippen LogP contribution in [-0.4, -0.2) is 36.1 Å². The fourth-order valence-corrected chi connectivity index (χ4v) is 2.88. The summed E-state index contributed by atoms with van der Waals surface area (Å²) in [6, 6.07) is 0.697. The van der Waals surface area contributed by atoms with E-state index < -0.39 is 11.9 Å². The van der Waals surface area contributed by atoms with Crippen molar-refractivity contribution in [2.45, 2.75) is 45.1 Å². The lowest BCUT2D eigenvalue weighted by Gasteiger charge is -2.15. The smallest absolute Gasteiger partial charge is 0.307 e. The molecule has 1 amide bonds. The quantitative estimate of drug-likeness (QED) is 0.602. The first-order chi connectivity index (χ1) is 9.08. The van der Waals surface area contributed by atoms with Gasteiger partial charge in [-0.3, -0.25) is 9.59 Å². The van der Waals surface area contributed by atoms with E-state index in [2.05, 4.69) is 10.6 Å². The van der Waals surface area contributed by atoms with Crippen LogP contribution in [0.15, 0.2) is 0 Å². The van der Waals surface area contributed by atoms with E-state index in [1.807, 2.05) is 6.92 Å². The molecule has 3 atom stereocenters. The van der Waals surface area contributed by atoms with Crippen LogP contribution in [0.5, 0.6) is 0 Å². The molecule has 19 heavy (non-hydrogen) atoms. The number of amides is 1. The number of carbonyl (C=O) groups excluding carboxylic acids is 1. The largest absolute Gasteiger partial charge is 0.481 e. The lowest BCUT2D eigenvalue weighted by molar-refractivity contribution is -0.146. The monoisotopic (exact) mass is 268 g/mol. The Balaban J connectivity index is 1.67. The molecule has 5 nitrogen and oxygen atoms in total. The summed E-state index contributed by atoms with van der Waals surface area (Å²) in [6.45, 7) is 3.58. The molecule has 0 spiro atoms. The van der Waals surface area contributed by atoms with Gasteiger partial charge in [-0.15, -0.1) is 0 Å². The van der Waals surface area contributed by atoms with Gasteiger partial charge < -0.3 is 15.7 Å². The molecule has 0 saturated heterocycles. The van der Waals surface area contributed by atoms with Crippen molar-refractivity contribution in [2.75, 3.05) is 13.1 Å². The highest BCUT2D eigenvalue weighted by Crippen LogP contribution is 2.36. The van der Waals surface area contributed by atoms with E-state index in [1.54, 1.807) is 0 Å². The van der Waals surface area contributed by atoms with Crippen LogP contribution >= 0.6 is 0 Å². The van der Waals surface area contributed by atoms with Gasteiger partial charge in [-0.2, -0.15) is 0 Å². The van der Waals surface area contributed by atoms with Crippen molar-refractivity contribution in [2.24, 2.45) is 17.8 Å². The van der Waals surface area contributed by atoms with E-state index in [9.17, 15) is 9.59 Å². The molecule has 2 aliphatic rings. The molecule has 2 saturated carbocycles. The molecule has 0 aliphatic heterocycles. The van der Waals surface area contributed by atoms with Crippen molar-refractivity contribution in [3.63, 3.8) is 0 Å². The van der Waals surface area contributed by atoms with Gasteiger partial charge >= 0.3 is 5.97 Å². The summed E-state index contributed by atoms with van der Waals surface area (Å²) in [6.07, 6.45) is 4.77. The predicted molar refractivity (Wildman–Crippen MR) is 71.7 cm³/mol. The van der Waals surface area contributed by atoms with Gasteiger partial charge in [-0.25, -0.2) is 0 Å². The molecular formula is C14H24N2O3. The van der Waals surface area contributed by atoms with Gasteiger partial charge in [-0.05, 0) is 44.6 Å². The number of rotatable bonds is 7. The third kappa shape index (κ3) is 4.20. The SMILES string of the molecule is CC1C[C@H](C(=O)NCCCNC2CC2)[C@H](C(=O)O)C1. The summed E-state index contributed by atoms with van der Waals surface area (Å²) in [7, 11) is 0. The highest BCUT2D eigenvalue weighted by molar-refractivity contribution is 5.85. The molecule has 108 valence electrons. The van der Waals surface area contributed by atoms with Crippen LogP contribution in [0.25, 0.3) is 0 Å². The third-order valence-corrected chi connectivity index (χ3v) is 4.12. The fourth-order valence-electron chi connectivity index (χ4n) is 2.88. The zero-order chi connectivity index (χ0) is 13.8. The van der Waals surface area contributed by atoms with E-state index in [1.165, 1.54) is 12.8 Å². The summed E-state index contributed by atoms with van der Waals surface area (Å²) < 4.78 is 0. The minimum absolute atomic E-state index is 0.0804. The van der Waals surface area contributed by atoms with Crippen molar-refractivity contribution >= 4 is 11.9 Å². The van der Waals surface area contributed by atoms with Crippen LogP contribution in [0, 0.1) is 17.8 Å². The first kappa shape index (κ1) is 14.3. The number of carboxylic acids is 1. The molecule has 0 aromatic heterocycles. The van der Waals surface area contributed by atoms with E-state index in [4.69, 9.17) is 5.11 Å². The second-order valence-electron chi connectivity index (χ2n) is 6.00. The van der Waals surface area contributed by atoms with Gasteiger partial charge in [0.05, 0.1) is 11.8 Å². The number of carboxylic acid groups (broad SMARTS) is 1. The van der Waals surface area contributed by atoms with Crippen molar-refractivity contribution in [3.8, 4) is 0 Å². The average molecular weight is 268 g/mol. The second kappa shape index (κ2) is 6.37. The Labute approximate surface area is 114 Å². The molecular weight excluding hydrogens is 244 g/mol. The molecule has 0 aromatic rings. The standard InChI is InChI=1S/C14H24N2O3/c1-9-7-11(12(8-9)14(18)19)13(17)16-6-2-5-15-10-3-4-10/h9-12,15H,2-8H2,1H3,(H,16,17)(H,18,19)/t9?,11-,12+/m0/s1. The molecule has 0 bridgehead atoms. The number of nitrogens with one attached hydrogen (secondary N) is 2. The summed E-state index contributed by atoms with van der Waals surface area (Å²) >= 11 is 0. The Bertz CT molecular complexity index is 342. The maximum Gasteiger partial charge on any atom is 0.307 e. The minimum atomic E-state index is -0.833. The highest BCUT2D eigenvalue weighted by Gasteiger charge is 2.40. The molecule has 0 heterocycles. The minimum Gasteiger partial charge on any atom is -0.481 e. The summed E-state index contributed by atoms with van der Waals surface area (Å²) in [5.41, 5.74) is 0. The van der Waals surface area contributed by atoms with Crippen molar-refractivity contribution in [1.82, 2.24) is 10.6 Å². The Morgan fingerprint density at radius 2 is 1.84 bits per heavy atom. The van der Waals surface area contributed by atoms with E-state index in [0.717, 1.165) is 13.0 Å². The van der Waals surface area contributed by atoms with Crippen molar-refractivity contribution in [1.29, 1.82) is 0 Å². The van der Waals surface area contributed by atoms with Gasteiger partial charge in [0.2, 0.25) is 5.91 Å². The van der Waals surface area contributed by atoms with Crippen LogP contribution in [0.2, 0.25) is 0 Å². The van der Waals surface area contributed by atoms with Crippen LogP contribution in [0.3, 0.4) is 0 Å². The first-order valence-corrected chi connectivity index (χ1v) is 7.32. The Hall–Kier alpha value is -1.10. The molecule has 0 aromatic carbocycles. The maximum absolute atomic E-state index is 12.0. The van der Waals surface area contributed by atoms with Gasteiger partial charge in [0.25, 0.3) is 0 Å². The topological polar surface area (TPSA) is 78.4 Å². The number of aliphatic carboxylic acids is 1. The maximum atomic E-state index is 12.0. The van der Waals surface area contributed by atoms with Crippen LogP contribution in [-0.2, 0) is 9.59 Å². The van der Waals surface area contributed by atoms with Gasteiger partial charge in [0.1, 0.15) is 0 Å². The van der Waals surface area contributed by atoms with Crippen molar-refractivity contribution in [3.05, 3.63) is 0 Å². The summed E-state index contributed by atoms with van der Waals surface area (Å²) in [4.78, 5) is 23.2. The van der Waals surface area contributed by atoms with Crippen LogP contribution < -0.4 is 10.6 Å². The molecule has 2 aliphatic carbocycles. The Kier molecular flexibility index (Phi) is 4.80. The zero-order valence-corrected chi connectivity index (χ0v) is 11.5. The zero-order valence-electron chi connectivity index (χ0n) is 11.5. The number of carbonyl (C=O) groups is 2. The highest BCUT2D eigenvalue weighted by atomic mass is 16.4. The molecule has 3 N–H and O–H groups in total. The van der Waals surface area contributed by atoms with E-state index >= 15 is 0 Å². The first-order valence-electron chi connectivity index (χ1n) is 7.32. The van der Waals surface area contributed by atoms with Gasteiger partial charge in [0, 0.05) is 12.6 Å². The number of hydrogen-bond donors (Lipinski definition) is 3. The van der Waals surface area contributed by atoms with E-state index in [-0.39, 0.29) is 11.8 Å². The molecule has 0 radical (unpaired) electrons. The molecule has 2 fully saturated rings. The van der Waals surface area contributed by atoms with Gasteiger partial charge in [-0.1, -0.05) is 6.92 Å². The molecule has 1 unspecified atom stereocenters. The molecule has 2 rings (SSSR count). The summed E-state index contributed by atoms with van der Waals surface area (Å²) in [5, 5.41) is 15.4. The number of hydrogen-bond acceptors (Lipinski definition) is 3. The van der Waals surface area contributed by atoms with Crippen LogP contribution in [0.1, 0.15) is 39.0 Å². The van der Waals surface area contributed by atoms with Crippen LogP contribution in [0.4, 0.5) is 0 Å². The molecule has 5 heteroatoms. The fraction of sp³-hybridized carbons (Fsp3) is 0.857. The second-order valence-corrected chi connectivity index (χ2v) is 6.00. The normalized spacial score (nSPS) is 30.3. The van der Waals surface area contributed by atoms with E-state index in [0.29, 0.717) is 31.3 Å². The van der Waals surface area contributed by atoms with Crippen molar-refractivity contribution < 1.29 is 14.7 Å². The van der Waals surface area contributed by atoms with Gasteiger partial charge in [0.15, 0.2) is 0 Å². The third-order valence-electron chi connectivity index (χ3n) is 4.12. The Morgan fingerprint density at radius 1 is 1.16 bits per heavy atom. The Morgan fingerprint density at radius 3 is 2.47 bits per heavy atom. The lowest BCUT2D eigenvalue weighted by atomic mass is 9.95. The summed E-state index contributed by atoms with van der Waals surface area (Å²) in [5.74, 6) is -1.43. The predicted octanol–water partition coefficient (Wildman–Crippen LogP) is 0.992. The average Bonchev–Trinajstić information content (AvgIpc) is 3.09.